The third kappa shape index (κ3) is 5.85. The Kier molecular flexibility index (Phi) is 6.53. The lowest BCUT2D eigenvalue weighted by atomic mass is 10.1. The van der Waals surface area contributed by atoms with Gasteiger partial charge in [0.15, 0.2) is 0 Å². The average molecular weight is 286 g/mol. The maximum absolute atomic E-state index is 13.4. The lowest BCUT2D eigenvalue weighted by Gasteiger charge is -2.08. The molecule has 0 aliphatic rings. The molecule has 1 rings (SSSR count). The van der Waals surface area contributed by atoms with Crippen molar-refractivity contribution in [2.75, 3.05) is 19.8 Å². The summed E-state index contributed by atoms with van der Waals surface area (Å²) in [5, 5.41) is 2.90. The van der Waals surface area contributed by atoms with Gasteiger partial charge in [-0.15, -0.1) is 0 Å². The smallest absolute Gasteiger partial charge is 0.224 e. The van der Waals surface area contributed by atoms with Gasteiger partial charge in [-0.3, -0.25) is 4.79 Å². The predicted molar refractivity (Wildman–Crippen MR) is 73.8 cm³/mol. The summed E-state index contributed by atoms with van der Waals surface area (Å²) in [4.78, 5) is 11.6. The van der Waals surface area contributed by atoms with E-state index < -0.39 is 5.82 Å². The van der Waals surface area contributed by atoms with Crippen molar-refractivity contribution in [2.24, 2.45) is 0 Å². The summed E-state index contributed by atoms with van der Waals surface area (Å²) in [6, 6.07) is 4.35. The van der Waals surface area contributed by atoms with E-state index >= 15 is 0 Å². The van der Waals surface area contributed by atoms with Gasteiger partial charge in [-0.25, -0.2) is 4.39 Å². The first-order valence-electron chi connectivity index (χ1n) is 5.92. The molecule has 0 aliphatic heterocycles. The van der Waals surface area contributed by atoms with Crippen LogP contribution in [0.4, 0.5) is 4.39 Å². The zero-order valence-electron chi connectivity index (χ0n) is 10.8. The van der Waals surface area contributed by atoms with Gasteiger partial charge in [0, 0.05) is 17.1 Å². The molecule has 0 saturated carbocycles. The molecule has 0 fully saturated rings. The van der Waals surface area contributed by atoms with Gasteiger partial charge in [-0.1, -0.05) is 29.8 Å². The van der Waals surface area contributed by atoms with Gasteiger partial charge < -0.3 is 10.1 Å². The Morgan fingerprint density at radius 2 is 2.26 bits per heavy atom. The first kappa shape index (κ1) is 15.7. The molecular formula is C14H17ClFNO2. The Morgan fingerprint density at radius 3 is 2.89 bits per heavy atom. The van der Waals surface area contributed by atoms with Crippen molar-refractivity contribution < 1.29 is 13.9 Å². The minimum absolute atomic E-state index is 0.0774. The van der Waals surface area contributed by atoms with Crippen molar-refractivity contribution in [1.29, 1.82) is 0 Å². The fourth-order valence-corrected chi connectivity index (χ4v) is 1.66. The van der Waals surface area contributed by atoms with Crippen molar-refractivity contribution in [2.45, 2.75) is 13.3 Å². The van der Waals surface area contributed by atoms with Crippen LogP contribution in [-0.2, 0) is 16.0 Å². The fraction of sp³-hybridized carbons (Fsp3) is 0.357. The molecule has 0 heterocycles. The molecule has 5 heteroatoms. The molecular weight excluding hydrogens is 269 g/mol. The Labute approximate surface area is 117 Å². The second-order valence-corrected chi connectivity index (χ2v) is 4.64. The minimum atomic E-state index is -0.471. The SMILES string of the molecule is C=C(C)COCCNC(=O)Cc1c(F)cccc1Cl. The van der Waals surface area contributed by atoms with E-state index in [1.54, 1.807) is 6.07 Å². The quantitative estimate of drug-likeness (QED) is 0.618. The zero-order chi connectivity index (χ0) is 14.3. The molecule has 0 unspecified atom stereocenters. The maximum atomic E-state index is 13.4. The van der Waals surface area contributed by atoms with Crippen LogP contribution in [0.25, 0.3) is 0 Å². The molecule has 1 aromatic carbocycles. The molecule has 0 bridgehead atoms. The van der Waals surface area contributed by atoms with Crippen molar-refractivity contribution in [3.05, 3.63) is 46.8 Å². The highest BCUT2D eigenvalue weighted by molar-refractivity contribution is 6.31. The molecule has 104 valence electrons. The van der Waals surface area contributed by atoms with Crippen LogP contribution in [0.1, 0.15) is 12.5 Å². The number of nitrogens with one attached hydrogen (secondary N) is 1. The number of benzene rings is 1. The summed E-state index contributed by atoms with van der Waals surface area (Å²) in [5.74, 6) is -0.757. The summed E-state index contributed by atoms with van der Waals surface area (Å²) in [7, 11) is 0. The molecule has 0 aromatic heterocycles. The number of hydrogen-bond donors (Lipinski definition) is 1. The van der Waals surface area contributed by atoms with E-state index in [-0.39, 0.29) is 22.9 Å². The van der Waals surface area contributed by atoms with Crippen LogP contribution in [-0.4, -0.2) is 25.7 Å². The third-order valence-corrected chi connectivity index (χ3v) is 2.67. The van der Waals surface area contributed by atoms with Crippen molar-refractivity contribution in [3.8, 4) is 0 Å². The van der Waals surface area contributed by atoms with E-state index in [2.05, 4.69) is 11.9 Å². The molecule has 0 radical (unpaired) electrons. The number of carbonyl (C=O) groups is 1. The number of amides is 1. The van der Waals surface area contributed by atoms with E-state index in [4.69, 9.17) is 16.3 Å². The number of rotatable bonds is 7. The third-order valence-electron chi connectivity index (χ3n) is 2.32. The lowest BCUT2D eigenvalue weighted by Crippen LogP contribution is -2.29. The van der Waals surface area contributed by atoms with Crippen molar-refractivity contribution in [3.63, 3.8) is 0 Å². The Hall–Kier alpha value is -1.39. The van der Waals surface area contributed by atoms with Gasteiger partial charge in [0.05, 0.1) is 19.6 Å². The Balaban J connectivity index is 2.33. The highest BCUT2D eigenvalue weighted by Gasteiger charge is 2.11. The highest BCUT2D eigenvalue weighted by atomic mass is 35.5. The molecule has 1 aromatic rings. The first-order chi connectivity index (χ1) is 9.00. The number of hydrogen-bond acceptors (Lipinski definition) is 2. The zero-order valence-corrected chi connectivity index (χ0v) is 11.6. The van der Waals surface area contributed by atoms with E-state index in [1.807, 2.05) is 6.92 Å². The highest BCUT2D eigenvalue weighted by Crippen LogP contribution is 2.19. The Bertz CT molecular complexity index is 443. The largest absolute Gasteiger partial charge is 0.375 e. The number of ether oxygens (including phenoxy) is 1. The standard InChI is InChI=1S/C14H17ClFNO2/c1-10(2)9-19-7-6-17-14(18)8-11-12(15)4-3-5-13(11)16/h3-5H,1,6-9H2,2H3,(H,17,18). The van der Waals surface area contributed by atoms with Crippen LogP contribution in [0.15, 0.2) is 30.4 Å². The molecule has 1 amide bonds. The molecule has 19 heavy (non-hydrogen) atoms. The molecule has 3 nitrogen and oxygen atoms in total. The van der Waals surface area contributed by atoms with Crippen LogP contribution in [0.5, 0.6) is 0 Å². The number of carbonyl (C=O) groups excluding carboxylic acids is 1. The monoisotopic (exact) mass is 285 g/mol. The second kappa shape index (κ2) is 7.92. The minimum Gasteiger partial charge on any atom is -0.375 e. The average Bonchev–Trinajstić information content (AvgIpc) is 2.33. The molecule has 0 aliphatic carbocycles. The van der Waals surface area contributed by atoms with Crippen LogP contribution in [0.2, 0.25) is 5.02 Å². The molecule has 0 saturated heterocycles. The Morgan fingerprint density at radius 1 is 1.53 bits per heavy atom. The van der Waals surface area contributed by atoms with Crippen LogP contribution in [0.3, 0.4) is 0 Å². The summed E-state index contributed by atoms with van der Waals surface area (Å²) >= 11 is 5.84. The van der Waals surface area contributed by atoms with Crippen molar-refractivity contribution in [1.82, 2.24) is 5.32 Å². The first-order valence-corrected chi connectivity index (χ1v) is 6.30. The number of halogens is 2. The van der Waals surface area contributed by atoms with Gasteiger partial charge in [0.2, 0.25) is 5.91 Å². The predicted octanol–water partition coefficient (Wildman–Crippen LogP) is 2.73. The molecule has 0 atom stereocenters. The van der Waals surface area contributed by atoms with Gasteiger partial charge in [0.25, 0.3) is 0 Å². The van der Waals surface area contributed by atoms with Gasteiger partial charge in [-0.2, -0.15) is 0 Å². The summed E-state index contributed by atoms with van der Waals surface area (Å²) < 4.78 is 18.7. The normalized spacial score (nSPS) is 10.3. The van der Waals surface area contributed by atoms with E-state index in [1.165, 1.54) is 12.1 Å². The van der Waals surface area contributed by atoms with Crippen molar-refractivity contribution >= 4 is 17.5 Å². The molecule has 1 N–H and O–H groups in total. The topological polar surface area (TPSA) is 38.3 Å². The van der Waals surface area contributed by atoms with Crippen LogP contribution < -0.4 is 5.32 Å². The summed E-state index contributed by atoms with van der Waals surface area (Å²) in [5.41, 5.74) is 1.13. The van der Waals surface area contributed by atoms with Gasteiger partial charge in [-0.05, 0) is 19.1 Å². The molecule has 0 spiro atoms. The maximum Gasteiger partial charge on any atom is 0.224 e. The summed E-state index contributed by atoms with van der Waals surface area (Å²) in [6.45, 7) is 6.79. The second-order valence-electron chi connectivity index (χ2n) is 4.24. The van der Waals surface area contributed by atoms with Gasteiger partial charge >= 0.3 is 0 Å². The summed E-state index contributed by atoms with van der Waals surface area (Å²) in [6.07, 6.45) is -0.0774. The van der Waals surface area contributed by atoms with Gasteiger partial charge in [0.1, 0.15) is 5.82 Å². The van der Waals surface area contributed by atoms with E-state index in [9.17, 15) is 9.18 Å². The van der Waals surface area contributed by atoms with E-state index in [0.717, 1.165) is 5.57 Å². The fourth-order valence-electron chi connectivity index (χ4n) is 1.43. The van der Waals surface area contributed by atoms with Crippen LogP contribution in [0, 0.1) is 5.82 Å². The van der Waals surface area contributed by atoms with E-state index in [0.29, 0.717) is 19.8 Å². The van der Waals surface area contributed by atoms with Crippen LogP contribution >= 0.6 is 11.6 Å². The lowest BCUT2D eigenvalue weighted by molar-refractivity contribution is -0.120.